The van der Waals surface area contributed by atoms with Crippen molar-refractivity contribution in [3.05, 3.63) is 30.3 Å². The SMILES string of the molecule is COCCN1CCNC(C#N)C1CS(=O)(=O)Oc1ccccc1. The van der Waals surface area contributed by atoms with E-state index in [1.165, 1.54) is 0 Å². The third-order valence-corrected chi connectivity index (χ3v) is 4.88. The van der Waals surface area contributed by atoms with Crippen LogP contribution in [0.5, 0.6) is 5.75 Å². The molecular weight excluding hydrogens is 318 g/mol. The molecular formula is C15H21N3O4S. The lowest BCUT2D eigenvalue weighted by atomic mass is 10.1. The summed E-state index contributed by atoms with van der Waals surface area (Å²) < 4.78 is 34.9. The van der Waals surface area contributed by atoms with E-state index in [1.54, 1.807) is 37.4 Å². The van der Waals surface area contributed by atoms with Gasteiger partial charge in [-0.3, -0.25) is 10.2 Å². The van der Waals surface area contributed by atoms with Crippen molar-refractivity contribution in [3.8, 4) is 11.8 Å². The topological polar surface area (TPSA) is 91.7 Å². The summed E-state index contributed by atoms with van der Waals surface area (Å²) in [5.41, 5.74) is 0. The minimum absolute atomic E-state index is 0.253. The van der Waals surface area contributed by atoms with Gasteiger partial charge in [-0.15, -0.1) is 0 Å². The summed E-state index contributed by atoms with van der Waals surface area (Å²) in [6.07, 6.45) is 0. The minimum Gasteiger partial charge on any atom is -0.383 e. The number of nitrogens with one attached hydrogen (secondary N) is 1. The second-order valence-electron chi connectivity index (χ2n) is 5.28. The summed E-state index contributed by atoms with van der Waals surface area (Å²) >= 11 is 0. The first-order chi connectivity index (χ1) is 11.1. The summed E-state index contributed by atoms with van der Waals surface area (Å²) in [4.78, 5) is 1.96. The molecule has 1 fully saturated rings. The second-order valence-corrected chi connectivity index (χ2v) is 6.89. The normalized spacial score (nSPS) is 22.4. The van der Waals surface area contributed by atoms with Crippen LogP contribution in [0, 0.1) is 11.3 Å². The number of para-hydroxylation sites is 1. The van der Waals surface area contributed by atoms with Gasteiger partial charge in [0.15, 0.2) is 0 Å². The number of hydrogen-bond donors (Lipinski definition) is 1. The molecule has 0 radical (unpaired) electrons. The molecule has 1 saturated heterocycles. The summed E-state index contributed by atoms with van der Waals surface area (Å²) in [7, 11) is -2.22. The number of rotatable bonds is 7. The number of ether oxygens (including phenoxy) is 1. The van der Waals surface area contributed by atoms with Gasteiger partial charge in [-0.2, -0.15) is 13.7 Å². The highest BCUT2D eigenvalue weighted by atomic mass is 32.2. The molecule has 1 heterocycles. The molecule has 7 nitrogen and oxygen atoms in total. The lowest BCUT2D eigenvalue weighted by Crippen LogP contribution is -2.60. The fourth-order valence-corrected chi connectivity index (χ4v) is 3.86. The molecule has 0 aromatic heterocycles. The highest BCUT2D eigenvalue weighted by molar-refractivity contribution is 7.87. The van der Waals surface area contributed by atoms with Crippen LogP contribution in [0.3, 0.4) is 0 Å². The van der Waals surface area contributed by atoms with Gasteiger partial charge in [0.05, 0.1) is 18.7 Å². The van der Waals surface area contributed by atoms with Crippen LogP contribution in [-0.4, -0.2) is 64.5 Å². The van der Waals surface area contributed by atoms with Crippen LogP contribution in [-0.2, 0) is 14.9 Å². The molecule has 0 bridgehead atoms. The van der Waals surface area contributed by atoms with E-state index in [2.05, 4.69) is 11.4 Å². The molecule has 0 aliphatic carbocycles. The molecule has 1 aliphatic heterocycles. The fraction of sp³-hybridized carbons (Fsp3) is 0.533. The molecule has 0 amide bonds. The molecule has 1 aromatic carbocycles. The van der Waals surface area contributed by atoms with Gasteiger partial charge in [-0.05, 0) is 12.1 Å². The molecule has 23 heavy (non-hydrogen) atoms. The van der Waals surface area contributed by atoms with Gasteiger partial charge in [-0.25, -0.2) is 0 Å². The molecule has 8 heteroatoms. The van der Waals surface area contributed by atoms with Crippen molar-refractivity contribution in [3.63, 3.8) is 0 Å². The molecule has 1 N–H and O–H groups in total. The predicted octanol–water partition coefficient (Wildman–Crippen LogP) is 0.208. The van der Waals surface area contributed by atoms with E-state index in [-0.39, 0.29) is 11.5 Å². The molecule has 0 spiro atoms. The maximum atomic E-state index is 12.3. The summed E-state index contributed by atoms with van der Waals surface area (Å²) in [6.45, 7) is 2.35. The Morgan fingerprint density at radius 2 is 2.13 bits per heavy atom. The molecule has 0 saturated carbocycles. The van der Waals surface area contributed by atoms with Crippen LogP contribution in [0.1, 0.15) is 0 Å². The Hall–Kier alpha value is -1.66. The Morgan fingerprint density at radius 3 is 2.78 bits per heavy atom. The van der Waals surface area contributed by atoms with Gasteiger partial charge in [0.2, 0.25) is 0 Å². The van der Waals surface area contributed by atoms with Gasteiger partial charge in [0.25, 0.3) is 0 Å². The number of hydrogen-bond acceptors (Lipinski definition) is 7. The van der Waals surface area contributed by atoms with Crippen LogP contribution in [0.15, 0.2) is 30.3 Å². The highest BCUT2D eigenvalue weighted by Crippen LogP contribution is 2.16. The molecule has 1 aromatic rings. The van der Waals surface area contributed by atoms with Crippen LogP contribution >= 0.6 is 0 Å². The lowest BCUT2D eigenvalue weighted by Gasteiger charge is -2.38. The molecule has 2 unspecified atom stereocenters. The number of methoxy groups -OCH3 is 1. The zero-order valence-electron chi connectivity index (χ0n) is 13.0. The van der Waals surface area contributed by atoms with Crippen molar-refractivity contribution < 1.29 is 17.3 Å². The Labute approximate surface area is 136 Å². The molecule has 2 atom stereocenters. The van der Waals surface area contributed by atoms with Crippen molar-refractivity contribution in [2.24, 2.45) is 0 Å². The Kier molecular flexibility index (Phi) is 6.36. The monoisotopic (exact) mass is 339 g/mol. The van der Waals surface area contributed by atoms with E-state index < -0.39 is 22.2 Å². The average molecular weight is 339 g/mol. The van der Waals surface area contributed by atoms with E-state index in [9.17, 15) is 13.7 Å². The first kappa shape index (κ1) is 17.7. The molecule has 1 aliphatic rings. The highest BCUT2D eigenvalue weighted by Gasteiger charge is 2.35. The zero-order valence-corrected chi connectivity index (χ0v) is 13.8. The van der Waals surface area contributed by atoms with Crippen molar-refractivity contribution >= 4 is 10.1 Å². The Morgan fingerprint density at radius 1 is 1.39 bits per heavy atom. The first-order valence-corrected chi connectivity index (χ1v) is 8.96. The maximum absolute atomic E-state index is 12.3. The molecule has 2 rings (SSSR count). The van der Waals surface area contributed by atoms with E-state index in [4.69, 9.17) is 8.92 Å². The summed E-state index contributed by atoms with van der Waals surface area (Å²) in [5, 5.41) is 12.3. The molecule has 126 valence electrons. The zero-order chi connectivity index (χ0) is 16.7. The van der Waals surface area contributed by atoms with Gasteiger partial charge in [0.1, 0.15) is 17.5 Å². The number of nitriles is 1. The van der Waals surface area contributed by atoms with Crippen LogP contribution in [0.2, 0.25) is 0 Å². The predicted molar refractivity (Wildman–Crippen MR) is 85.5 cm³/mol. The Balaban J connectivity index is 2.10. The van der Waals surface area contributed by atoms with Gasteiger partial charge >= 0.3 is 10.1 Å². The third kappa shape index (κ3) is 5.18. The van der Waals surface area contributed by atoms with E-state index in [0.717, 1.165) is 0 Å². The van der Waals surface area contributed by atoms with Crippen LogP contribution in [0.25, 0.3) is 0 Å². The first-order valence-electron chi connectivity index (χ1n) is 7.39. The fourth-order valence-electron chi connectivity index (χ4n) is 2.56. The van der Waals surface area contributed by atoms with Gasteiger partial charge in [-0.1, -0.05) is 18.2 Å². The number of benzene rings is 1. The van der Waals surface area contributed by atoms with Crippen LogP contribution < -0.4 is 9.50 Å². The second kappa shape index (κ2) is 8.26. The number of nitrogens with zero attached hydrogens (tertiary/aromatic N) is 2. The Bertz CT molecular complexity index is 630. The van der Waals surface area contributed by atoms with Crippen molar-refractivity contribution in [1.82, 2.24) is 10.2 Å². The van der Waals surface area contributed by atoms with Crippen molar-refractivity contribution in [1.29, 1.82) is 5.26 Å². The lowest BCUT2D eigenvalue weighted by molar-refractivity contribution is 0.0995. The van der Waals surface area contributed by atoms with Gasteiger partial charge in [0, 0.05) is 26.7 Å². The maximum Gasteiger partial charge on any atom is 0.310 e. The van der Waals surface area contributed by atoms with E-state index in [1.807, 2.05) is 4.90 Å². The standard InChI is InChI=1S/C15H21N3O4S/c1-21-10-9-18-8-7-17-14(11-16)15(18)12-23(19,20)22-13-5-3-2-4-6-13/h2-6,14-15,17H,7-10,12H2,1H3. The quantitative estimate of drug-likeness (QED) is 0.710. The summed E-state index contributed by atoms with van der Waals surface area (Å²) in [6, 6.07) is 9.46. The third-order valence-electron chi connectivity index (χ3n) is 3.68. The number of piperazine rings is 1. The van der Waals surface area contributed by atoms with E-state index >= 15 is 0 Å². The average Bonchev–Trinajstić information content (AvgIpc) is 2.54. The van der Waals surface area contributed by atoms with Gasteiger partial charge < -0.3 is 8.92 Å². The van der Waals surface area contributed by atoms with Crippen molar-refractivity contribution in [2.45, 2.75) is 12.1 Å². The van der Waals surface area contributed by atoms with Crippen molar-refractivity contribution in [2.75, 3.05) is 39.1 Å². The smallest absolute Gasteiger partial charge is 0.310 e. The minimum atomic E-state index is -3.81. The van der Waals surface area contributed by atoms with E-state index in [0.29, 0.717) is 26.2 Å². The largest absolute Gasteiger partial charge is 0.383 e. The van der Waals surface area contributed by atoms with Crippen LogP contribution in [0.4, 0.5) is 0 Å². The summed E-state index contributed by atoms with van der Waals surface area (Å²) in [5.74, 6) is 0.0184.